The van der Waals surface area contributed by atoms with E-state index in [9.17, 15) is 0 Å². The van der Waals surface area contributed by atoms with Crippen molar-refractivity contribution in [2.45, 2.75) is 52.2 Å². The highest BCUT2D eigenvalue weighted by Gasteiger charge is 2.19. The van der Waals surface area contributed by atoms with Gasteiger partial charge in [0.15, 0.2) is 5.96 Å². The van der Waals surface area contributed by atoms with Gasteiger partial charge in [-0.2, -0.15) is 0 Å². The summed E-state index contributed by atoms with van der Waals surface area (Å²) in [5.41, 5.74) is 2.56. The molecule has 0 aliphatic carbocycles. The van der Waals surface area contributed by atoms with Crippen molar-refractivity contribution in [3.05, 3.63) is 53.2 Å². The third-order valence-electron chi connectivity index (χ3n) is 5.62. The maximum absolute atomic E-state index is 5.83. The summed E-state index contributed by atoms with van der Waals surface area (Å²) < 4.78 is 5.83. The minimum atomic E-state index is -0.0408. The van der Waals surface area contributed by atoms with Crippen molar-refractivity contribution in [3.8, 4) is 0 Å². The SMILES string of the molecule is CN=C(NCc1ccc(CN2CCCN(C)CC2)cc1)NCc1ncc(C(C)(C)C)o1.I. The molecule has 0 atom stereocenters. The van der Waals surface area contributed by atoms with E-state index in [0.717, 1.165) is 31.4 Å². The number of aromatic nitrogens is 1. The lowest BCUT2D eigenvalue weighted by molar-refractivity contribution is 0.269. The lowest BCUT2D eigenvalue weighted by Crippen LogP contribution is -2.36. The highest BCUT2D eigenvalue weighted by Crippen LogP contribution is 2.22. The molecule has 8 heteroatoms. The Morgan fingerprint density at radius 1 is 1.03 bits per heavy atom. The molecule has 2 heterocycles. The van der Waals surface area contributed by atoms with E-state index in [1.54, 1.807) is 13.2 Å². The Hall–Kier alpha value is -1.65. The fourth-order valence-electron chi connectivity index (χ4n) is 3.58. The van der Waals surface area contributed by atoms with Crippen molar-refractivity contribution < 1.29 is 4.42 Å². The Morgan fingerprint density at radius 3 is 2.38 bits per heavy atom. The number of nitrogens with zero attached hydrogens (tertiary/aromatic N) is 4. The Kier molecular flexibility index (Phi) is 10.4. The fraction of sp³-hybridized carbons (Fsp3) is 0.583. The molecule has 1 aromatic heterocycles. The summed E-state index contributed by atoms with van der Waals surface area (Å²) in [5.74, 6) is 2.28. The van der Waals surface area contributed by atoms with Crippen molar-refractivity contribution >= 4 is 29.9 Å². The first kappa shape index (κ1) is 26.6. The van der Waals surface area contributed by atoms with E-state index in [-0.39, 0.29) is 29.4 Å². The molecule has 0 spiro atoms. The van der Waals surface area contributed by atoms with E-state index >= 15 is 0 Å². The molecule has 0 unspecified atom stereocenters. The van der Waals surface area contributed by atoms with Gasteiger partial charge in [-0.25, -0.2) is 4.98 Å². The number of aliphatic imine (C=N–C) groups is 1. The Labute approximate surface area is 210 Å². The van der Waals surface area contributed by atoms with Crippen LogP contribution in [-0.2, 0) is 25.0 Å². The lowest BCUT2D eigenvalue weighted by atomic mass is 9.94. The molecule has 0 saturated carbocycles. The lowest BCUT2D eigenvalue weighted by Gasteiger charge is -2.20. The van der Waals surface area contributed by atoms with Crippen molar-refractivity contribution in [1.82, 2.24) is 25.4 Å². The van der Waals surface area contributed by atoms with Crippen LogP contribution in [0.25, 0.3) is 0 Å². The van der Waals surface area contributed by atoms with Gasteiger partial charge in [0.25, 0.3) is 0 Å². The van der Waals surface area contributed by atoms with Crippen LogP contribution in [0.15, 0.2) is 39.9 Å². The van der Waals surface area contributed by atoms with Gasteiger partial charge in [0.05, 0.1) is 12.7 Å². The van der Waals surface area contributed by atoms with E-state index in [4.69, 9.17) is 4.42 Å². The topological polar surface area (TPSA) is 68.9 Å². The molecular weight excluding hydrogens is 515 g/mol. The van der Waals surface area contributed by atoms with E-state index in [0.29, 0.717) is 19.0 Å². The fourth-order valence-corrected chi connectivity index (χ4v) is 3.58. The van der Waals surface area contributed by atoms with Crippen LogP contribution in [0, 0.1) is 0 Å². The number of nitrogens with one attached hydrogen (secondary N) is 2. The average molecular weight is 555 g/mol. The van der Waals surface area contributed by atoms with Crippen LogP contribution >= 0.6 is 24.0 Å². The Bertz CT molecular complexity index is 843. The minimum absolute atomic E-state index is 0. The van der Waals surface area contributed by atoms with Gasteiger partial charge in [0.1, 0.15) is 5.76 Å². The molecule has 1 saturated heterocycles. The molecule has 0 bridgehead atoms. The predicted octanol–water partition coefficient (Wildman–Crippen LogP) is 3.59. The summed E-state index contributed by atoms with van der Waals surface area (Å²) in [6, 6.07) is 8.87. The summed E-state index contributed by atoms with van der Waals surface area (Å²) in [7, 11) is 3.98. The van der Waals surface area contributed by atoms with Crippen molar-refractivity contribution in [2.75, 3.05) is 40.3 Å². The van der Waals surface area contributed by atoms with Gasteiger partial charge >= 0.3 is 0 Å². The number of oxazole rings is 1. The molecule has 1 aromatic carbocycles. The zero-order chi connectivity index (χ0) is 22.3. The first-order valence-corrected chi connectivity index (χ1v) is 11.2. The van der Waals surface area contributed by atoms with Gasteiger partial charge in [-0.15, -0.1) is 24.0 Å². The van der Waals surface area contributed by atoms with E-state index < -0.39 is 0 Å². The molecule has 2 N–H and O–H groups in total. The number of likely N-dealkylation sites (N-methyl/N-ethyl adjacent to an activating group) is 1. The minimum Gasteiger partial charge on any atom is -0.443 e. The van der Waals surface area contributed by atoms with Gasteiger partial charge in [-0.1, -0.05) is 45.0 Å². The molecule has 1 fully saturated rings. The van der Waals surface area contributed by atoms with Crippen LogP contribution in [-0.4, -0.2) is 61.0 Å². The molecule has 2 aromatic rings. The van der Waals surface area contributed by atoms with E-state index in [2.05, 4.69) is 82.5 Å². The number of halogens is 1. The summed E-state index contributed by atoms with van der Waals surface area (Å²) in [5, 5.41) is 6.63. The van der Waals surface area contributed by atoms with Crippen LogP contribution in [0.5, 0.6) is 0 Å². The third kappa shape index (κ3) is 8.37. The van der Waals surface area contributed by atoms with Gasteiger partial charge < -0.3 is 20.0 Å². The average Bonchev–Trinajstić information content (AvgIpc) is 3.14. The highest BCUT2D eigenvalue weighted by molar-refractivity contribution is 14.0. The van der Waals surface area contributed by atoms with Gasteiger partial charge in [-0.05, 0) is 37.7 Å². The second kappa shape index (κ2) is 12.6. The number of benzene rings is 1. The molecule has 32 heavy (non-hydrogen) atoms. The summed E-state index contributed by atoms with van der Waals surface area (Å²) in [6.45, 7) is 13.3. The quantitative estimate of drug-likeness (QED) is 0.323. The molecule has 1 aliphatic rings. The molecule has 0 radical (unpaired) electrons. The number of rotatable bonds is 6. The van der Waals surface area contributed by atoms with Crippen LogP contribution < -0.4 is 10.6 Å². The first-order valence-electron chi connectivity index (χ1n) is 11.2. The van der Waals surface area contributed by atoms with Gasteiger partial charge in [0, 0.05) is 38.6 Å². The van der Waals surface area contributed by atoms with Gasteiger partial charge in [-0.3, -0.25) is 9.89 Å². The second-order valence-corrected chi connectivity index (χ2v) is 9.40. The standard InChI is InChI=1S/C24H38N6O.HI/c1-24(2,3)21-16-26-22(31-21)17-28-23(25-4)27-15-19-7-9-20(10-8-19)18-30-12-6-11-29(5)13-14-30;/h7-10,16H,6,11-15,17-18H2,1-5H3,(H2,25,27,28);1H. The molecule has 0 amide bonds. The molecule has 3 rings (SSSR count). The largest absolute Gasteiger partial charge is 0.443 e. The number of guanidine groups is 1. The van der Waals surface area contributed by atoms with E-state index in [1.165, 1.54) is 30.6 Å². The second-order valence-electron chi connectivity index (χ2n) is 9.40. The van der Waals surface area contributed by atoms with Crippen molar-refractivity contribution in [2.24, 2.45) is 4.99 Å². The Balaban J connectivity index is 0.00000363. The van der Waals surface area contributed by atoms with Crippen LogP contribution in [0.3, 0.4) is 0 Å². The van der Waals surface area contributed by atoms with Crippen LogP contribution in [0.1, 0.15) is 50.0 Å². The molecular formula is C24H39IN6O. The third-order valence-corrected chi connectivity index (χ3v) is 5.62. The van der Waals surface area contributed by atoms with Crippen LogP contribution in [0.4, 0.5) is 0 Å². The van der Waals surface area contributed by atoms with E-state index in [1.807, 2.05) is 0 Å². The summed E-state index contributed by atoms with van der Waals surface area (Å²) >= 11 is 0. The number of hydrogen-bond acceptors (Lipinski definition) is 5. The number of hydrogen-bond donors (Lipinski definition) is 2. The zero-order valence-electron chi connectivity index (χ0n) is 20.1. The smallest absolute Gasteiger partial charge is 0.213 e. The maximum atomic E-state index is 5.83. The van der Waals surface area contributed by atoms with Crippen molar-refractivity contribution in [3.63, 3.8) is 0 Å². The normalized spacial score (nSPS) is 16.3. The first-order chi connectivity index (χ1) is 14.8. The molecule has 7 nitrogen and oxygen atoms in total. The van der Waals surface area contributed by atoms with Crippen molar-refractivity contribution in [1.29, 1.82) is 0 Å². The summed E-state index contributed by atoms with van der Waals surface area (Å²) in [4.78, 5) is 13.6. The molecule has 1 aliphatic heterocycles. The molecule has 178 valence electrons. The zero-order valence-corrected chi connectivity index (χ0v) is 22.5. The van der Waals surface area contributed by atoms with Crippen LogP contribution in [0.2, 0.25) is 0 Å². The predicted molar refractivity (Wildman–Crippen MR) is 141 cm³/mol. The Morgan fingerprint density at radius 2 is 1.72 bits per heavy atom. The summed E-state index contributed by atoms with van der Waals surface area (Å²) in [6.07, 6.45) is 3.05. The highest BCUT2D eigenvalue weighted by atomic mass is 127. The monoisotopic (exact) mass is 554 g/mol. The van der Waals surface area contributed by atoms with Gasteiger partial charge in [0.2, 0.25) is 5.89 Å². The maximum Gasteiger partial charge on any atom is 0.213 e.